The fourth-order valence-electron chi connectivity index (χ4n) is 2.73. The molecule has 6 nitrogen and oxygen atoms in total. The molecule has 19 heavy (non-hydrogen) atoms. The van der Waals surface area contributed by atoms with Gasteiger partial charge in [0.05, 0.1) is 19.5 Å². The molecule has 2 fully saturated rings. The first-order valence-corrected chi connectivity index (χ1v) is 6.48. The van der Waals surface area contributed by atoms with Crippen LogP contribution in [0, 0.1) is 0 Å². The molecule has 104 valence electrons. The summed E-state index contributed by atoms with van der Waals surface area (Å²) in [4.78, 5) is 13.2. The van der Waals surface area contributed by atoms with Crippen LogP contribution in [0.1, 0.15) is 29.0 Å². The predicted octanol–water partition coefficient (Wildman–Crippen LogP) is 1.32. The Hall–Kier alpha value is -1.37. The molecule has 3 heterocycles. The molecular formula is C13H17NO5. The van der Waals surface area contributed by atoms with E-state index in [0.717, 1.165) is 31.5 Å². The van der Waals surface area contributed by atoms with E-state index in [1.807, 2.05) is 0 Å². The standard InChI is InChI=1S/C13H17NO5/c15-12(16)11-10(1-6-17-11)9-14-4-2-13(3-5-14)18-7-8-19-13/h1,6H,2-5,7-9H2,(H,15,16). The molecule has 2 saturated heterocycles. The highest BCUT2D eigenvalue weighted by Gasteiger charge is 2.39. The van der Waals surface area contributed by atoms with Gasteiger partial charge in [-0.25, -0.2) is 4.79 Å². The Kier molecular flexibility index (Phi) is 3.30. The van der Waals surface area contributed by atoms with E-state index < -0.39 is 5.97 Å². The SMILES string of the molecule is O=C(O)c1occc1CN1CCC2(CC1)OCCO2. The number of carbonyl (C=O) groups is 1. The van der Waals surface area contributed by atoms with Crippen molar-refractivity contribution < 1.29 is 23.8 Å². The number of rotatable bonds is 3. The molecule has 6 heteroatoms. The molecule has 1 N–H and O–H groups in total. The second kappa shape index (κ2) is 4.96. The Labute approximate surface area is 110 Å². The van der Waals surface area contributed by atoms with E-state index in [9.17, 15) is 4.79 Å². The molecule has 1 aromatic rings. The number of nitrogens with zero attached hydrogens (tertiary/aromatic N) is 1. The first-order valence-electron chi connectivity index (χ1n) is 6.48. The zero-order valence-electron chi connectivity index (χ0n) is 10.6. The van der Waals surface area contributed by atoms with E-state index in [4.69, 9.17) is 19.0 Å². The van der Waals surface area contributed by atoms with E-state index in [-0.39, 0.29) is 11.5 Å². The topological polar surface area (TPSA) is 72.1 Å². The minimum absolute atomic E-state index is 0.0358. The summed E-state index contributed by atoms with van der Waals surface area (Å²) in [7, 11) is 0. The van der Waals surface area contributed by atoms with Gasteiger partial charge in [0.15, 0.2) is 5.79 Å². The minimum Gasteiger partial charge on any atom is -0.475 e. The quantitative estimate of drug-likeness (QED) is 0.890. The maximum absolute atomic E-state index is 11.0. The average molecular weight is 267 g/mol. The lowest BCUT2D eigenvalue weighted by Gasteiger charge is -2.37. The van der Waals surface area contributed by atoms with Gasteiger partial charge in [0.2, 0.25) is 5.76 Å². The van der Waals surface area contributed by atoms with Gasteiger partial charge in [0.1, 0.15) is 0 Å². The third-order valence-electron chi connectivity index (χ3n) is 3.77. The van der Waals surface area contributed by atoms with E-state index >= 15 is 0 Å². The fourth-order valence-corrected chi connectivity index (χ4v) is 2.73. The molecule has 1 spiro atoms. The van der Waals surface area contributed by atoms with E-state index in [1.54, 1.807) is 6.07 Å². The first-order chi connectivity index (χ1) is 9.19. The highest BCUT2D eigenvalue weighted by atomic mass is 16.7. The third-order valence-corrected chi connectivity index (χ3v) is 3.77. The van der Waals surface area contributed by atoms with Crippen LogP contribution in [0.4, 0.5) is 0 Å². The van der Waals surface area contributed by atoms with Crippen LogP contribution < -0.4 is 0 Å². The Balaban J connectivity index is 1.60. The second-order valence-electron chi connectivity index (χ2n) is 4.96. The summed E-state index contributed by atoms with van der Waals surface area (Å²) < 4.78 is 16.3. The van der Waals surface area contributed by atoms with Gasteiger partial charge in [-0.3, -0.25) is 4.90 Å². The van der Waals surface area contributed by atoms with Crippen molar-refractivity contribution >= 4 is 5.97 Å². The molecule has 2 aliphatic rings. The second-order valence-corrected chi connectivity index (χ2v) is 4.96. The largest absolute Gasteiger partial charge is 0.475 e. The number of furan rings is 1. The maximum atomic E-state index is 11.0. The molecule has 0 aliphatic carbocycles. The highest BCUT2D eigenvalue weighted by Crippen LogP contribution is 2.31. The van der Waals surface area contributed by atoms with Crippen LogP contribution in [-0.2, 0) is 16.0 Å². The zero-order valence-corrected chi connectivity index (χ0v) is 10.6. The van der Waals surface area contributed by atoms with Gasteiger partial charge in [-0.15, -0.1) is 0 Å². The lowest BCUT2D eigenvalue weighted by molar-refractivity contribution is -0.185. The molecule has 3 rings (SSSR count). The summed E-state index contributed by atoms with van der Waals surface area (Å²) in [5.74, 6) is -1.37. The molecule has 0 amide bonds. The Morgan fingerprint density at radius 3 is 2.63 bits per heavy atom. The van der Waals surface area contributed by atoms with Gasteiger partial charge >= 0.3 is 5.97 Å². The summed E-state index contributed by atoms with van der Waals surface area (Å²) in [6.07, 6.45) is 3.08. The molecule has 0 bridgehead atoms. The van der Waals surface area contributed by atoms with Crippen LogP contribution in [0.3, 0.4) is 0 Å². The smallest absolute Gasteiger partial charge is 0.372 e. The predicted molar refractivity (Wildman–Crippen MR) is 64.8 cm³/mol. The Bertz CT molecular complexity index is 453. The normalized spacial score (nSPS) is 22.9. The number of hydrogen-bond donors (Lipinski definition) is 1. The van der Waals surface area contributed by atoms with Gasteiger partial charge in [-0.2, -0.15) is 0 Å². The summed E-state index contributed by atoms with van der Waals surface area (Å²) in [6.45, 7) is 3.61. The molecule has 2 aliphatic heterocycles. The molecule has 1 aromatic heterocycles. The van der Waals surface area contributed by atoms with Crippen molar-refractivity contribution in [3.63, 3.8) is 0 Å². The lowest BCUT2D eigenvalue weighted by atomic mass is 10.0. The van der Waals surface area contributed by atoms with Crippen LogP contribution in [0.2, 0.25) is 0 Å². The summed E-state index contributed by atoms with van der Waals surface area (Å²) >= 11 is 0. The molecule has 0 saturated carbocycles. The summed E-state index contributed by atoms with van der Waals surface area (Å²) in [6, 6.07) is 1.72. The summed E-state index contributed by atoms with van der Waals surface area (Å²) in [5, 5.41) is 9.00. The zero-order chi connectivity index (χ0) is 13.3. The van der Waals surface area contributed by atoms with Crippen LogP contribution in [0.15, 0.2) is 16.7 Å². The average Bonchev–Trinajstić information content (AvgIpc) is 3.02. The molecule has 0 atom stereocenters. The van der Waals surface area contributed by atoms with Crippen molar-refractivity contribution in [2.24, 2.45) is 0 Å². The Morgan fingerprint density at radius 2 is 2.00 bits per heavy atom. The molecular weight excluding hydrogens is 250 g/mol. The lowest BCUT2D eigenvalue weighted by Crippen LogP contribution is -2.44. The van der Waals surface area contributed by atoms with Gasteiger partial charge in [-0.05, 0) is 6.07 Å². The monoisotopic (exact) mass is 267 g/mol. The minimum atomic E-state index is -1.02. The Morgan fingerprint density at radius 1 is 1.32 bits per heavy atom. The van der Waals surface area contributed by atoms with Crippen molar-refractivity contribution in [3.8, 4) is 0 Å². The van der Waals surface area contributed by atoms with E-state index in [1.165, 1.54) is 6.26 Å². The molecule has 0 radical (unpaired) electrons. The van der Waals surface area contributed by atoms with E-state index in [0.29, 0.717) is 19.8 Å². The van der Waals surface area contributed by atoms with Gasteiger partial charge in [-0.1, -0.05) is 0 Å². The van der Waals surface area contributed by atoms with Crippen molar-refractivity contribution in [1.29, 1.82) is 0 Å². The van der Waals surface area contributed by atoms with Crippen molar-refractivity contribution in [2.75, 3.05) is 26.3 Å². The van der Waals surface area contributed by atoms with Crippen LogP contribution in [-0.4, -0.2) is 48.1 Å². The summed E-state index contributed by atoms with van der Waals surface area (Å²) in [5.41, 5.74) is 0.719. The fraction of sp³-hybridized carbons (Fsp3) is 0.615. The third kappa shape index (κ3) is 2.51. The van der Waals surface area contributed by atoms with Crippen molar-refractivity contribution in [1.82, 2.24) is 4.90 Å². The van der Waals surface area contributed by atoms with Crippen LogP contribution in [0.25, 0.3) is 0 Å². The molecule has 0 aromatic carbocycles. The van der Waals surface area contributed by atoms with Crippen molar-refractivity contribution in [3.05, 3.63) is 23.7 Å². The first kappa shape index (κ1) is 12.7. The number of carboxylic acids is 1. The number of piperidine rings is 1. The number of aromatic carboxylic acids is 1. The number of carboxylic acid groups (broad SMARTS) is 1. The van der Waals surface area contributed by atoms with Gasteiger partial charge in [0, 0.05) is 38.0 Å². The van der Waals surface area contributed by atoms with Crippen LogP contribution in [0.5, 0.6) is 0 Å². The van der Waals surface area contributed by atoms with Gasteiger partial charge in [0.25, 0.3) is 0 Å². The highest BCUT2D eigenvalue weighted by molar-refractivity contribution is 5.86. The number of likely N-dealkylation sites (tertiary alicyclic amines) is 1. The van der Waals surface area contributed by atoms with Crippen molar-refractivity contribution in [2.45, 2.75) is 25.2 Å². The number of hydrogen-bond acceptors (Lipinski definition) is 5. The maximum Gasteiger partial charge on any atom is 0.372 e. The molecule has 0 unspecified atom stereocenters. The van der Waals surface area contributed by atoms with E-state index in [2.05, 4.69) is 4.90 Å². The number of ether oxygens (including phenoxy) is 2. The van der Waals surface area contributed by atoms with Gasteiger partial charge < -0.3 is 19.0 Å². The van der Waals surface area contributed by atoms with Crippen LogP contribution >= 0.6 is 0 Å².